The van der Waals surface area contributed by atoms with Gasteiger partial charge >= 0.3 is 5.97 Å². The first-order valence-corrected chi connectivity index (χ1v) is 8.56. The van der Waals surface area contributed by atoms with Crippen molar-refractivity contribution in [3.05, 3.63) is 94.1 Å². The fourth-order valence-corrected chi connectivity index (χ4v) is 2.73. The van der Waals surface area contributed by atoms with Crippen molar-refractivity contribution in [1.82, 2.24) is 9.55 Å². The number of hydrogen-bond donors (Lipinski definition) is 0. The van der Waals surface area contributed by atoms with E-state index in [1.165, 1.54) is 19.2 Å². The molecule has 0 radical (unpaired) electrons. The van der Waals surface area contributed by atoms with E-state index in [1.54, 1.807) is 55.1 Å². The van der Waals surface area contributed by atoms with E-state index < -0.39 is 17.0 Å². The predicted octanol–water partition coefficient (Wildman–Crippen LogP) is 3.54. The molecule has 0 aliphatic rings. The smallest absolute Gasteiger partial charge is 0.337 e. The fraction of sp³-hybridized carbons (Fsp3) is 0.200. The molecule has 0 fully saturated rings. The largest absolute Gasteiger partial charge is 0.465 e. The monoisotopic (exact) mass is 381 g/mol. The molecule has 0 spiro atoms. The maximum atomic E-state index is 11.5. The van der Waals surface area contributed by atoms with E-state index >= 15 is 0 Å². The minimum Gasteiger partial charge on any atom is -0.465 e. The summed E-state index contributed by atoms with van der Waals surface area (Å²) in [5, 5.41) is 11.1. The van der Waals surface area contributed by atoms with Gasteiger partial charge in [-0.2, -0.15) is 0 Å². The van der Waals surface area contributed by atoms with Crippen molar-refractivity contribution >= 4 is 11.7 Å². The van der Waals surface area contributed by atoms with Gasteiger partial charge in [0.2, 0.25) is 0 Å². The van der Waals surface area contributed by atoms with E-state index in [1.807, 2.05) is 4.57 Å². The molecule has 1 heterocycles. The molecule has 0 N–H and O–H groups in total. The van der Waals surface area contributed by atoms with Gasteiger partial charge in [-0.1, -0.05) is 24.3 Å². The number of carbonyl (C=O) groups excluding carboxylic acids is 1. The second-order valence-corrected chi connectivity index (χ2v) is 6.10. The molecule has 0 aliphatic heterocycles. The molecule has 3 rings (SSSR count). The summed E-state index contributed by atoms with van der Waals surface area (Å²) in [4.78, 5) is 26.2. The Labute approximate surface area is 161 Å². The van der Waals surface area contributed by atoms with Crippen LogP contribution in [-0.2, 0) is 22.6 Å². The van der Waals surface area contributed by atoms with Crippen LogP contribution in [0.2, 0.25) is 0 Å². The minimum atomic E-state index is -0.427. The van der Waals surface area contributed by atoms with Gasteiger partial charge in [0.25, 0.3) is 5.69 Å². The van der Waals surface area contributed by atoms with Crippen molar-refractivity contribution in [3.63, 3.8) is 0 Å². The zero-order valence-electron chi connectivity index (χ0n) is 15.2. The summed E-state index contributed by atoms with van der Waals surface area (Å²) in [6.45, 7) is 0.741. The molecule has 2 aromatic carbocycles. The highest BCUT2D eigenvalue weighted by Crippen LogP contribution is 2.25. The maximum absolute atomic E-state index is 11.5. The van der Waals surface area contributed by atoms with Crippen LogP contribution in [0.1, 0.15) is 27.6 Å². The molecule has 0 aliphatic carbocycles. The Morgan fingerprint density at radius 2 is 2.04 bits per heavy atom. The predicted molar refractivity (Wildman–Crippen MR) is 101 cm³/mol. The third-order valence-electron chi connectivity index (χ3n) is 4.21. The van der Waals surface area contributed by atoms with Gasteiger partial charge in [0.15, 0.2) is 0 Å². The SMILES string of the molecule is COC(=O)c1ccc(COC(Cn2ccnc2)c2cccc([N+](=O)[O-])c2)cc1. The molecule has 3 aromatic rings. The number of benzene rings is 2. The van der Waals surface area contributed by atoms with Gasteiger partial charge in [0, 0.05) is 24.5 Å². The summed E-state index contributed by atoms with van der Waals surface area (Å²) in [6, 6.07) is 13.3. The van der Waals surface area contributed by atoms with E-state index in [0.717, 1.165) is 5.56 Å². The zero-order valence-corrected chi connectivity index (χ0v) is 15.2. The molecule has 8 heteroatoms. The lowest BCUT2D eigenvalue weighted by Gasteiger charge is -2.19. The van der Waals surface area contributed by atoms with E-state index in [4.69, 9.17) is 4.74 Å². The molecule has 0 saturated carbocycles. The van der Waals surface area contributed by atoms with Crippen molar-refractivity contribution in [1.29, 1.82) is 0 Å². The average molecular weight is 381 g/mol. The second kappa shape index (κ2) is 8.92. The molecule has 1 aromatic heterocycles. The van der Waals surface area contributed by atoms with Crippen LogP contribution in [0.3, 0.4) is 0 Å². The van der Waals surface area contributed by atoms with Gasteiger partial charge in [0.1, 0.15) is 6.10 Å². The molecule has 1 unspecified atom stereocenters. The standard InChI is InChI=1S/C20H19N3O5/c1-27-20(24)16-7-5-15(6-8-16)13-28-19(12-22-10-9-21-14-22)17-3-2-4-18(11-17)23(25)26/h2-11,14,19H,12-13H2,1H3. The molecule has 0 amide bonds. The summed E-state index contributed by atoms with van der Waals surface area (Å²) in [5.41, 5.74) is 2.04. The van der Waals surface area contributed by atoms with E-state index in [2.05, 4.69) is 9.72 Å². The number of methoxy groups -OCH3 is 1. The van der Waals surface area contributed by atoms with Crippen molar-refractivity contribution in [2.45, 2.75) is 19.3 Å². The van der Waals surface area contributed by atoms with Crippen LogP contribution in [0.15, 0.2) is 67.3 Å². The molecule has 28 heavy (non-hydrogen) atoms. The highest BCUT2D eigenvalue weighted by atomic mass is 16.6. The lowest BCUT2D eigenvalue weighted by Crippen LogP contribution is -2.12. The first kappa shape index (κ1) is 19.2. The lowest BCUT2D eigenvalue weighted by molar-refractivity contribution is -0.385. The van der Waals surface area contributed by atoms with Gasteiger partial charge in [-0.05, 0) is 23.3 Å². The molecule has 0 bridgehead atoms. The Kier molecular flexibility index (Phi) is 6.13. The van der Waals surface area contributed by atoms with Crippen LogP contribution < -0.4 is 0 Å². The van der Waals surface area contributed by atoms with E-state index in [-0.39, 0.29) is 12.3 Å². The van der Waals surface area contributed by atoms with Gasteiger partial charge < -0.3 is 14.0 Å². The topological polar surface area (TPSA) is 96.5 Å². The van der Waals surface area contributed by atoms with Crippen LogP contribution in [-0.4, -0.2) is 27.6 Å². The number of hydrogen-bond acceptors (Lipinski definition) is 6. The number of rotatable bonds is 8. The Balaban J connectivity index is 1.76. The first-order chi connectivity index (χ1) is 13.6. The van der Waals surface area contributed by atoms with Crippen LogP contribution >= 0.6 is 0 Å². The first-order valence-electron chi connectivity index (χ1n) is 8.56. The summed E-state index contributed by atoms with van der Waals surface area (Å²) in [7, 11) is 1.33. The molecule has 1 atom stereocenters. The Morgan fingerprint density at radius 1 is 1.25 bits per heavy atom. The van der Waals surface area contributed by atoms with Crippen LogP contribution in [0.25, 0.3) is 0 Å². The normalized spacial score (nSPS) is 11.8. The number of imidazole rings is 1. The summed E-state index contributed by atoms with van der Waals surface area (Å²) in [6.07, 6.45) is 4.72. The van der Waals surface area contributed by atoms with E-state index in [0.29, 0.717) is 17.7 Å². The molecule has 144 valence electrons. The Bertz CT molecular complexity index is 939. The zero-order chi connectivity index (χ0) is 19.9. The van der Waals surface area contributed by atoms with Crippen molar-refractivity contribution in [2.75, 3.05) is 7.11 Å². The van der Waals surface area contributed by atoms with Crippen LogP contribution in [0.5, 0.6) is 0 Å². The van der Waals surface area contributed by atoms with Crippen molar-refractivity contribution < 1.29 is 19.2 Å². The number of ether oxygens (including phenoxy) is 2. The van der Waals surface area contributed by atoms with Crippen molar-refractivity contribution in [2.24, 2.45) is 0 Å². The maximum Gasteiger partial charge on any atom is 0.337 e. The molecular formula is C20H19N3O5. The quantitative estimate of drug-likeness (QED) is 0.336. The average Bonchev–Trinajstić information content (AvgIpc) is 3.24. The third-order valence-corrected chi connectivity index (χ3v) is 4.21. The second-order valence-electron chi connectivity index (χ2n) is 6.10. The number of nitro groups is 1. The Morgan fingerprint density at radius 3 is 2.68 bits per heavy atom. The van der Waals surface area contributed by atoms with Gasteiger partial charge in [0.05, 0.1) is 37.1 Å². The summed E-state index contributed by atoms with van der Waals surface area (Å²) < 4.78 is 12.6. The highest BCUT2D eigenvalue weighted by molar-refractivity contribution is 5.89. The van der Waals surface area contributed by atoms with Crippen LogP contribution in [0, 0.1) is 10.1 Å². The number of aromatic nitrogens is 2. The van der Waals surface area contributed by atoms with Crippen molar-refractivity contribution in [3.8, 4) is 0 Å². The van der Waals surface area contributed by atoms with Gasteiger partial charge in [-0.25, -0.2) is 9.78 Å². The molecule has 8 nitrogen and oxygen atoms in total. The fourth-order valence-electron chi connectivity index (χ4n) is 2.73. The lowest BCUT2D eigenvalue weighted by atomic mass is 10.1. The molecule has 0 saturated heterocycles. The van der Waals surface area contributed by atoms with Gasteiger partial charge in [-0.15, -0.1) is 0 Å². The number of esters is 1. The summed E-state index contributed by atoms with van der Waals surface area (Å²) in [5.74, 6) is -0.401. The highest BCUT2D eigenvalue weighted by Gasteiger charge is 2.17. The summed E-state index contributed by atoms with van der Waals surface area (Å²) >= 11 is 0. The number of carbonyl (C=O) groups is 1. The van der Waals surface area contributed by atoms with Gasteiger partial charge in [-0.3, -0.25) is 10.1 Å². The number of nitrogens with zero attached hydrogens (tertiary/aromatic N) is 3. The Hall–Kier alpha value is -3.52. The molecular weight excluding hydrogens is 362 g/mol. The minimum absolute atomic E-state index is 0.0131. The number of non-ortho nitro benzene ring substituents is 1. The third kappa shape index (κ3) is 4.80. The number of nitro benzene ring substituents is 1. The van der Waals surface area contributed by atoms with Crippen LogP contribution in [0.4, 0.5) is 5.69 Å². The van der Waals surface area contributed by atoms with E-state index in [9.17, 15) is 14.9 Å².